The second-order valence-electron chi connectivity index (χ2n) is 5.81. The molecule has 4 fully saturated rings. The summed E-state index contributed by atoms with van der Waals surface area (Å²) < 4.78 is 15.8. The lowest BCUT2D eigenvalue weighted by Crippen LogP contribution is -2.70. The summed E-state index contributed by atoms with van der Waals surface area (Å²) in [6.07, 6.45) is 3.47. The molecule has 5 atom stereocenters. The Kier molecular flexibility index (Phi) is 3.07. The third-order valence-electron chi connectivity index (χ3n) is 5.13. The van der Waals surface area contributed by atoms with Gasteiger partial charge in [-0.05, 0) is 6.92 Å². The Morgan fingerprint density at radius 3 is 2.67 bits per heavy atom. The number of Topliss-reactive ketones (excluding diaryl/α,β-unsaturated/α-hetero) is 2. The van der Waals surface area contributed by atoms with Crippen LogP contribution in [-0.2, 0) is 28.6 Å². The molecule has 0 aromatic rings. The van der Waals surface area contributed by atoms with Crippen molar-refractivity contribution >= 4 is 17.5 Å². The molecule has 1 heterocycles. The number of rotatable bonds is 3. The van der Waals surface area contributed by atoms with Crippen LogP contribution < -0.4 is 0 Å². The van der Waals surface area contributed by atoms with E-state index in [1.165, 1.54) is 14.2 Å². The predicted molar refractivity (Wildman–Crippen MR) is 70.1 cm³/mol. The second-order valence-corrected chi connectivity index (χ2v) is 5.81. The molecule has 21 heavy (non-hydrogen) atoms. The monoisotopic (exact) mass is 294 g/mol. The molecule has 3 aliphatic carbocycles. The molecule has 0 aromatic carbocycles. The molecular weight excluding hydrogens is 276 g/mol. The van der Waals surface area contributed by atoms with Crippen LogP contribution in [-0.4, -0.2) is 44.1 Å². The fourth-order valence-electron chi connectivity index (χ4n) is 4.34. The minimum absolute atomic E-state index is 0.136. The molecule has 1 saturated heterocycles. The molecule has 4 bridgehead atoms. The van der Waals surface area contributed by atoms with Gasteiger partial charge in [-0.2, -0.15) is 0 Å². The van der Waals surface area contributed by atoms with E-state index < -0.39 is 34.8 Å². The quantitative estimate of drug-likeness (QED) is 0.428. The maximum Gasteiger partial charge on any atom is 0.320 e. The topological polar surface area (TPSA) is 78.9 Å². The van der Waals surface area contributed by atoms with Crippen LogP contribution in [0.4, 0.5) is 0 Å². The van der Waals surface area contributed by atoms with E-state index in [4.69, 9.17) is 14.2 Å². The van der Waals surface area contributed by atoms with Crippen molar-refractivity contribution in [1.82, 2.24) is 0 Å². The van der Waals surface area contributed by atoms with Gasteiger partial charge in [-0.25, -0.2) is 0 Å². The molecule has 6 nitrogen and oxygen atoms in total. The molecule has 114 valence electrons. The molecule has 4 aliphatic rings. The highest BCUT2D eigenvalue weighted by Gasteiger charge is 2.79. The first-order valence-corrected chi connectivity index (χ1v) is 6.97. The third-order valence-corrected chi connectivity index (χ3v) is 5.13. The molecule has 0 radical (unpaired) electrons. The van der Waals surface area contributed by atoms with Gasteiger partial charge < -0.3 is 14.2 Å². The Hall–Kier alpha value is -1.53. The van der Waals surface area contributed by atoms with Crippen molar-refractivity contribution in [3.8, 4) is 0 Å². The molecule has 1 aliphatic heterocycles. The summed E-state index contributed by atoms with van der Waals surface area (Å²) in [5, 5.41) is 0. The minimum Gasteiger partial charge on any atom is -0.468 e. The highest BCUT2D eigenvalue weighted by molar-refractivity contribution is 6.16. The lowest BCUT2D eigenvalue weighted by atomic mass is 9.48. The van der Waals surface area contributed by atoms with Crippen LogP contribution in [0.2, 0.25) is 0 Å². The maximum absolute atomic E-state index is 13.0. The summed E-state index contributed by atoms with van der Waals surface area (Å²) in [5.41, 5.74) is -1.52. The number of ketones is 2. The van der Waals surface area contributed by atoms with Crippen LogP contribution in [0.25, 0.3) is 0 Å². The zero-order chi connectivity index (χ0) is 15.4. The largest absolute Gasteiger partial charge is 0.468 e. The smallest absolute Gasteiger partial charge is 0.320 e. The summed E-state index contributed by atoms with van der Waals surface area (Å²) in [5.74, 6) is -4.21. The second kappa shape index (κ2) is 4.48. The third kappa shape index (κ3) is 1.42. The number of hydrogen-bond donors (Lipinski definition) is 0. The number of allylic oxidation sites excluding steroid dienone is 2. The highest BCUT2D eigenvalue weighted by Crippen LogP contribution is 2.62. The summed E-state index contributed by atoms with van der Waals surface area (Å²) in [4.78, 5) is 37.9. The first-order chi connectivity index (χ1) is 9.99. The first kappa shape index (κ1) is 14.4. The Bertz CT molecular complexity index is 552. The molecule has 3 saturated carbocycles. The summed E-state index contributed by atoms with van der Waals surface area (Å²) in [6, 6.07) is 0. The van der Waals surface area contributed by atoms with Gasteiger partial charge in [0.15, 0.2) is 0 Å². The number of carbonyl (C=O) groups excluding carboxylic acids is 3. The number of hydrogen-bond acceptors (Lipinski definition) is 6. The lowest BCUT2D eigenvalue weighted by Gasteiger charge is -2.53. The van der Waals surface area contributed by atoms with E-state index in [1.54, 1.807) is 6.08 Å². The van der Waals surface area contributed by atoms with Gasteiger partial charge >= 0.3 is 5.97 Å². The van der Waals surface area contributed by atoms with Crippen LogP contribution in [0.5, 0.6) is 0 Å². The summed E-state index contributed by atoms with van der Waals surface area (Å²) >= 11 is 0. The number of carbonyl (C=O) groups is 3. The first-order valence-electron chi connectivity index (χ1n) is 6.97. The van der Waals surface area contributed by atoms with Gasteiger partial charge in [0.2, 0.25) is 11.6 Å². The van der Waals surface area contributed by atoms with Crippen molar-refractivity contribution in [2.24, 2.45) is 23.2 Å². The van der Waals surface area contributed by atoms with E-state index in [2.05, 4.69) is 0 Å². The van der Waals surface area contributed by atoms with Crippen LogP contribution >= 0.6 is 0 Å². The van der Waals surface area contributed by atoms with E-state index in [0.29, 0.717) is 0 Å². The lowest BCUT2D eigenvalue weighted by molar-refractivity contribution is -0.237. The van der Waals surface area contributed by atoms with Gasteiger partial charge in [0, 0.05) is 25.4 Å². The molecule has 0 N–H and O–H groups in total. The van der Waals surface area contributed by atoms with Crippen molar-refractivity contribution in [2.45, 2.75) is 19.1 Å². The van der Waals surface area contributed by atoms with E-state index in [-0.39, 0.29) is 24.7 Å². The fraction of sp³-hybridized carbons (Fsp3) is 0.667. The highest BCUT2D eigenvalue weighted by atomic mass is 16.7. The fourth-order valence-corrected chi connectivity index (χ4v) is 4.34. The minimum atomic E-state index is -1.62. The van der Waals surface area contributed by atoms with Crippen molar-refractivity contribution < 1.29 is 28.6 Å². The SMILES string of the molecule is C/C=C/[C@@H]1[C@H]2CO[C@@]3(OC)C(=O)[C@]1(C(=O)OC)CC(=O)[C@@H]23. The Morgan fingerprint density at radius 2 is 2.10 bits per heavy atom. The standard InChI is InChI=1S/C15H18O6/c1-4-5-9-8-7-21-15(20-3)11(8)10(16)6-14(9,12(15)17)13(18)19-2/h4-5,8-9,11H,6-7H2,1-3H3/b5-4+/t8-,9-,11-,14+,15-/m1/s1. The molecule has 0 amide bonds. The van der Waals surface area contributed by atoms with Gasteiger partial charge in [-0.3, -0.25) is 14.4 Å². The van der Waals surface area contributed by atoms with Crippen molar-refractivity contribution in [2.75, 3.05) is 20.8 Å². The molecule has 0 spiro atoms. The number of fused-ring (bicyclic) bond motifs is 1. The van der Waals surface area contributed by atoms with Crippen LogP contribution in [0.3, 0.4) is 0 Å². The van der Waals surface area contributed by atoms with Crippen molar-refractivity contribution in [3.63, 3.8) is 0 Å². The van der Waals surface area contributed by atoms with Crippen LogP contribution in [0, 0.1) is 23.2 Å². The normalized spacial score (nSPS) is 44.6. The van der Waals surface area contributed by atoms with Gasteiger partial charge in [0.05, 0.1) is 19.6 Å². The van der Waals surface area contributed by atoms with E-state index in [1.807, 2.05) is 13.0 Å². The average molecular weight is 294 g/mol. The summed E-state index contributed by atoms with van der Waals surface area (Å²) in [6.45, 7) is 2.04. The maximum atomic E-state index is 13.0. The van der Waals surface area contributed by atoms with Crippen molar-refractivity contribution in [1.29, 1.82) is 0 Å². The van der Waals surface area contributed by atoms with Gasteiger partial charge in [-0.1, -0.05) is 12.2 Å². The number of methoxy groups -OCH3 is 2. The molecule has 4 rings (SSSR count). The molecule has 0 unspecified atom stereocenters. The molecule has 6 heteroatoms. The predicted octanol–water partition coefficient (Wildman–Crippen LogP) is 0.499. The van der Waals surface area contributed by atoms with Crippen LogP contribution in [0.15, 0.2) is 12.2 Å². The van der Waals surface area contributed by atoms with Gasteiger partial charge in [0.1, 0.15) is 11.2 Å². The van der Waals surface area contributed by atoms with Gasteiger partial charge in [-0.15, -0.1) is 0 Å². The Morgan fingerprint density at radius 1 is 1.38 bits per heavy atom. The van der Waals surface area contributed by atoms with E-state index >= 15 is 0 Å². The number of ether oxygens (including phenoxy) is 3. The van der Waals surface area contributed by atoms with E-state index in [9.17, 15) is 14.4 Å². The van der Waals surface area contributed by atoms with Crippen molar-refractivity contribution in [3.05, 3.63) is 12.2 Å². The Labute approximate surface area is 122 Å². The van der Waals surface area contributed by atoms with E-state index in [0.717, 1.165) is 0 Å². The molecular formula is C15H18O6. The average Bonchev–Trinajstić information content (AvgIpc) is 2.86. The summed E-state index contributed by atoms with van der Waals surface area (Å²) in [7, 11) is 2.56. The van der Waals surface area contributed by atoms with Crippen LogP contribution in [0.1, 0.15) is 13.3 Å². The number of esters is 1. The molecule has 0 aromatic heterocycles. The zero-order valence-electron chi connectivity index (χ0n) is 12.3. The van der Waals surface area contributed by atoms with Gasteiger partial charge in [0.25, 0.3) is 0 Å². The zero-order valence-corrected chi connectivity index (χ0v) is 12.3. The Balaban J connectivity index is 2.24.